The lowest BCUT2D eigenvalue weighted by molar-refractivity contribution is 0.226. The molecule has 1 aliphatic carbocycles. The molecule has 1 aromatic heterocycles. The second kappa shape index (κ2) is 5.70. The molecule has 18 heavy (non-hydrogen) atoms. The van der Waals surface area contributed by atoms with Crippen molar-refractivity contribution >= 4 is 0 Å². The molecule has 1 aromatic rings. The maximum absolute atomic E-state index is 6.55. The van der Waals surface area contributed by atoms with E-state index in [2.05, 4.69) is 18.0 Å². The molecule has 1 aliphatic rings. The molecule has 100 valence electrons. The molecule has 0 saturated heterocycles. The average molecular weight is 248 g/mol. The highest BCUT2D eigenvalue weighted by molar-refractivity contribution is 5.27. The molecule has 3 heteroatoms. The zero-order valence-corrected chi connectivity index (χ0v) is 11.5. The van der Waals surface area contributed by atoms with Crippen molar-refractivity contribution in [2.75, 3.05) is 7.11 Å². The van der Waals surface area contributed by atoms with Crippen LogP contribution in [0.3, 0.4) is 0 Å². The van der Waals surface area contributed by atoms with Gasteiger partial charge in [-0.1, -0.05) is 19.4 Å². The molecule has 0 atom stereocenters. The minimum Gasteiger partial charge on any atom is -0.481 e. The maximum Gasteiger partial charge on any atom is 0.216 e. The van der Waals surface area contributed by atoms with Gasteiger partial charge in [0.15, 0.2) is 0 Å². The van der Waals surface area contributed by atoms with Gasteiger partial charge in [-0.2, -0.15) is 0 Å². The lowest BCUT2D eigenvalue weighted by atomic mass is 9.73. The highest BCUT2D eigenvalue weighted by atomic mass is 16.5. The molecule has 0 radical (unpaired) electrons. The van der Waals surface area contributed by atoms with Crippen LogP contribution >= 0.6 is 0 Å². The van der Waals surface area contributed by atoms with Gasteiger partial charge in [0.05, 0.1) is 7.11 Å². The first-order valence-electron chi connectivity index (χ1n) is 6.93. The zero-order chi connectivity index (χ0) is 13.0. The maximum atomic E-state index is 6.55. The van der Waals surface area contributed by atoms with Crippen molar-refractivity contribution in [3.8, 4) is 5.88 Å². The van der Waals surface area contributed by atoms with E-state index in [-0.39, 0.29) is 5.54 Å². The minimum atomic E-state index is -0.0675. The predicted molar refractivity (Wildman–Crippen MR) is 73.7 cm³/mol. The van der Waals surface area contributed by atoms with Crippen LogP contribution in [0.1, 0.15) is 44.6 Å². The van der Waals surface area contributed by atoms with Gasteiger partial charge in [-0.15, -0.1) is 0 Å². The second-order valence-electron chi connectivity index (χ2n) is 5.56. The van der Waals surface area contributed by atoms with Crippen LogP contribution in [0.25, 0.3) is 0 Å². The molecule has 0 bridgehead atoms. The van der Waals surface area contributed by atoms with Crippen molar-refractivity contribution < 1.29 is 4.74 Å². The van der Waals surface area contributed by atoms with Crippen molar-refractivity contribution in [2.24, 2.45) is 11.7 Å². The van der Waals surface area contributed by atoms with Gasteiger partial charge in [-0.05, 0) is 44.1 Å². The molecular weight excluding hydrogens is 224 g/mol. The summed E-state index contributed by atoms with van der Waals surface area (Å²) in [4.78, 5) is 4.25. The summed E-state index contributed by atoms with van der Waals surface area (Å²) in [6.45, 7) is 2.28. The lowest BCUT2D eigenvalue weighted by Gasteiger charge is -2.37. The summed E-state index contributed by atoms with van der Waals surface area (Å²) in [6.07, 6.45) is 8.67. The topological polar surface area (TPSA) is 48.1 Å². The lowest BCUT2D eigenvalue weighted by Crippen LogP contribution is -2.45. The van der Waals surface area contributed by atoms with E-state index in [1.807, 2.05) is 6.07 Å². The monoisotopic (exact) mass is 248 g/mol. The van der Waals surface area contributed by atoms with Crippen LogP contribution < -0.4 is 10.5 Å². The molecule has 0 aromatic carbocycles. The first-order chi connectivity index (χ1) is 8.67. The largest absolute Gasteiger partial charge is 0.481 e. The van der Waals surface area contributed by atoms with Gasteiger partial charge < -0.3 is 10.5 Å². The minimum absolute atomic E-state index is 0.0675. The summed E-state index contributed by atoms with van der Waals surface area (Å²) in [7, 11) is 1.67. The van der Waals surface area contributed by atoms with Gasteiger partial charge in [-0.25, -0.2) is 4.98 Å². The van der Waals surface area contributed by atoms with E-state index in [1.165, 1.54) is 19.3 Å². The van der Waals surface area contributed by atoms with Crippen LogP contribution in [-0.4, -0.2) is 17.6 Å². The number of nitrogens with zero attached hydrogens (tertiary/aromatic N) is 1. The number of pyridine rings is 1. The van der Waals surface area contributed by atoms with Crippen molar-refractivity contribution in [1.82, 2.24) is 4.98 Å². The summed E-state index contributed by atoms with van der Waals surface area (Å²) in [6, 6.07) is 4.03. The van der Waals surface area contributed by atoms with E-state index >= 15 is 0 Å². The molecule has 2 rings (SSSR count). The number of aromatic nitrogens is 1. The summed E-state index contributed by atoms with van der Waals surface area (Å²) in [5, 5.41) is 0. The Hall–Kier alpha value is -1.09. The molecule has 2 N–H and O–H groups in total. The Kier molecular flexibility index (Phi) is 4.23. The molecule has 1 heterocycles. The molecule has 1 saturated carbocycles. The van der Waals surface area contributed by atoms with Gasteiger partial charge in [0.25, 0.3) is 0 Å². The summed E-state index contributed by atoms with van der Waals surface area (Å²) in [5.74, 6) is 1.59. The van der Waals surface area contributed by atoms with Crippen LogP contribution in [0.15, 0.2) is 18.3 Å². The molecule has 0 unspecified atom stereocenters. The van der Waals surface area contributed by atoms with Gasteiger partial charge >= 0.3 is 0 Å². The van der Waals surface area contributed by atoms with Crippen LogP contribution in [0.2, 0.25) is 0 Å². The van der Waals surface area contributed by atoms with E-state index in [0.717, 1.165) is 36.6 Å². The smallest absolute Gasteiger partial charge is 0.216 e. The Bertz CT molecular complexity index is 384. The number of rotatable bonds is 4. The molecular formula is C15H24N2O. The standard InChI is InChI=1S/C15H24N2O/c1-3-12-6-8-15(16,9-7-12)11-13-5-4-10-17-14(13)18-2/h4-5,10,12H,3,6-9,11,16H2,1-2H3. The number of hydrogen-bond donors (Lipinski definition) is 1. The normalized spacial score (nSPS) is 28.1. The molecule has 0 spiro atoms. The molecule has 0 amide bonds. The highest BCUT2D eigenvalue weighted by Gasteiger charge is 2.32. The number of methoxy groups -OCH3 is 1. The van der Waals surface area contributed by atoms with E-state index in [9.17, 15) is 0 Å². The van der Waals surface area contributed by atoms with Crippen LogP contribution in [0.5, 0.6) is 5.88 Å². The fourth-order valence-electron chi connectivity index (χ4n) is 2.96. The summed E-state index contributed by atoms with van der Waals surface area (Å²) >= 11 is 0. The Morgan fingerprint density at radius 1 is 1.44 bits per heavy atom. The van der Waals surface area contributed by atoms with Gasteiger partial charge in [0.2, 0.25) is 5.88 Å². The quantitative estimate of drug-likeness (QED) is 0.891. The fourth-order valence-corrected chi connectivity index (χ4v) is 2.96. The summed E-state index contributed by atoms with van der Waals surface area (Å²) < 4.78 is 5.31. The Morgan fingerprint density at radius 2 is 2.17 bits per heavy atom. The summed E-state index contributed by atoms with van der Waals surface area (Å²) in [5.41, 5.74) is 7.62. The van der Waals surface area contributed by atoms with Gasteiger partial charge in [-0.3, -0.25) is 0 Å². The Labute approximate surface area is 110 Å². The van der Waals surface area contributed by atoms with E-state index in [1.54, 1.807) is 13.3 Å². The number of hydrogen-bond acceptors (Lipinski definition) is 3. The first-order valence-corrected chi connectivity index (χ1v) is 6.93. The molecule has 3 nitrogen and oxygen atoms in total. The van der Waals surface area contributed by atoms with Crippen molar-refractivity contribution in [3.05, 3.63) is 23.9 Å². The number of nitrogens with two attached hydrogens (primary N) is 1. The third-order valence-electron chi connectivity index (χ3n) is 4.26. The van der Waals surface area contributed by atoms with Crippen LogP contribution in [-0.2, 0) is 6.42 Å². The average Bonchev–Trinajstić information content (AvgIpc) is 2.40. The van der Waals surface area contributed by atoms with Crippen molar-refractivity contribution in [1.29, 1.82) is 0 Å². The van der Waals surface area contributed by atoms with Gasteiger partial charge in [0, 0.05) is 17.3 Å². The zero-order valence-electron chi connectivity index (χ0n) is 11.5. The molecule has 0 aliphatic heterocycles. The predicted octanol–water partition coefficient (Wildman–Crippen LogP) is 2.93. The van der Waals surface area contributed by atoms with E-state index in [4.69, 9.17) is 10.5 Å². The van der Waals surface area contributed by atoms with Crippen molar-refractivity contribution in [3.63, 3.8) is 0 Å². The Balaban J connectivity index is 2.04. The fraction of sp³-hybridized carbons (Fsp3) is 0.667. The van der Waals surface area contributed by atoms with Crippen LogP contribution in [0, 0.1) is 5.92 Å². The Morgan fingerprint density at radius 3 is 2.78 bits per heavy atom. The first kappa shape index (κ1) is 13.3. The molecule has 1 fully saturated rings. The van der Waals surface area contributed by atoms with Crippen LogP contribution in [0.4, 0.5) is 0 Å². The van der Waals surface area contributed by atoms with E-state index < -0.39 is 0 Å². The van der Waals surface area contributed by atoms with E-state index in [0.29, 0.717) is 0 Å². The van der Waals surface area contributed by atoms with Gasteiger partial charge in [0.1, 0.15) is 0 Å². The highest BCUT2D eigenvalue weighted by Crippen LogP contribution is 2.35. The SMILES string of the molecule is CCC1CCC(N)(Cc2cccnc2OC)CC1. The third kappa shape index (κ3) is 3.02. The number of ether oxygens (including phenoxy) is 1. The van der Waals surface area contributed by atoms with Crippen molar-refractivity contribution in [2.45, 2.75) is 51.0 Å². The second-order valence-corrected chi connectivity index (χ2v) is 5.56. The third-order valence-corrected chi connectivity index (χ3v) is 4.26.